The summed E-state index contributed by atoms with van der Waals surface area (Å²) in [5.74, 6) is -1.46. The second kappa shape index (κ2) is 8.28. The summed E-state index contributed by atoms with van der Waals surface area (Å²) in [5, 5.41) is 0. The number of carbonyl (C=O) groups is 3. The lowest BCUT2D eigenvalue weighted by Crippen LogP contribution is -2.15. The number of H-pyrrole nitrogens is 1. The van der Waals surface area contributed by atoms with Crippen LogP contribution < -0.4 is 0 Å². The van der Waals surface area contributed by atoms with Crippen molar-refractivity contribution in [1.29, 1.82) is 0 Å². The molecule has 1 heterocycles. The lowest BCUT2D eigenvalue weighted by molar-refractivity contribution is 0.0472. The van der Waals surface area contributed by atoms with Crippen LogP contribution in [-0.2, 0) is 9.47 Å². The predicted octanol–water partition coefficient (Wildman–Crippen LogP) is 3.45. The highest BCUT2D eigenvalue weighted by Gasteiger charge is 2.23. The van der Waals surface area contributed by atoms with E-state index in [-0.39, 0.29) is 12.3 Å². The fourth-order valence-electron chi connectivity index (χ4n) is 2.41. The Bertz CT molecular complexity index is 808. The van der Waals surface area contributed by atoms with Gasteiger partial charge in [0.25, 0.3) is 0 Å². The Morgan fingerprint density at radius 3 is 2.28 bits per heavy atom. The van der Waals surface area contributed by atoms with Crippen LogP contribution in [0.25, 0.3) is 0 Å². The first kappa shape index (κ1) is 19.2. The number of Topliss-reactive ketones (excluding diaryl/α,β-unsaturated/α-hetero) is 1. The second-order valence-corrected chi connectivity index (χ2v) is 6.60. The number of aryl methyl sites for hydroxylation is 1. The molecule has 0 spiro atoms. The van der Waals surface area contributed by atoms with E-state index in [4.69, 9.17) is 9.47 Å². The van der Waals surface area contributed by atoms with Crippen molar-refractivity contribution in [3.8, 4) is 0 Å². The fourth-order valence-corrected chi connectivity index (χ4v) is 2.77. The normalized spacial score (nSPS) is 10.4. The Balaban J connectivity index is 2.08. The SMILES string of the molecule is CCOC(=O)c1c(C)[nH]c(C(=O)COC(=O)c2ccc(I)cc2)c1C. The number of esters is 2. The summed E-state index contributed by atoms with van der Waals surface area (Å²) < 4.78 is 11.1. The summed E-state index contributed by atoms with van der Waals surface area (Å²) in [6.45, 7) is 4.90. The van der Waals surface area contributed by atoms with Gasteiger partial charge in [-0.05, 0) is 73.2 Å². The molecule has 0 radical (unpaired) electrons. The third-order valence-corrected chi connectivity index (χ3v) is 4.33. The van der Waals surface area contributed by atoms with Crippen LogP contribution in [-0.4, -0.2) is 35.9 Å². The van der Waals surface area contributed by atoms with E-state index < -0.39 is 24.3 Å². The smallest absolute Gasteiger partial charge is 0.340 e. The number of aromatic nitrogens is 1. The third-order valence-electron chi connectivity index (χ3n) is 3.61. The number of hydrogen-bond acceptors (Lipinski definition) is 5. The molecule has 0 atom stereocenters. The minimum Gasteiger partial charge on any atom is -0.462 e. The summed E-state index contributed by atoms with van der Waals surface area (Å²) in [6.07, 6.45) is 0. The minimum absolute atomic E-state index is 0.246. The number of nitrogens with one attached hydrogen (secondary N) is 1. The summed E-state index contributed by atoms with van der Waals surface area (Å²) in [5.41, 5.74) is 2.00. The standard InChI is InChI=1S/C18H18INO5/c1-4-24-18(23)15-10(2)16(20-11(15)3)14(21)9-25-17(22)12-5-7-13(19)8-6-12/h5-8,20H,4,9H2,1-3H3. The molecular weight excluding hydrogens is 437 g/mol. The lowest BCUT2D eigenvalue weighted by Gasteiger charge is -2.05. The predicted molar refractivity (Wildman–Crippen MR) is 100.0 cm³/mol. The van der Waals surface area contributed by atoms with Crippen LogP contribution in [0.3, 0.4) is 0 Å². The molecule has 1 aromatic carbocycles. The fraction of sp³-hybridized carbons (Fsp3) is 0.278. The van der Waals surface area contributed by atoms with Gasteiger partial charge in [0, 0.05) is 9.26 Å². The number of rotatable bonds is 6. The van der Waals surface area contributed by atoms with Crippen LogP contribution >= 0.6 is 22.6 Å². The van der Waals surface area contributed by atoms with Crippen molar-refractivity contribution in [3.63, 3.8) is 0 Å². The minimum atomic E-state index is -0.573. The zero-order valence-corrected chi connectivity index (χ0v) is 16.3. The summed E-state index contributed by atoms with van der Waals surface area (Å²) in [4.78, 5) is 39.2. The van der Waals surface area contributed by atoms with Crippen molar-refractivity contribution >= 4 is 40.3 Å². The maximum atomic E-state index is 12.3. The van der Waals surface area contributed by atoms with Gasteiger partial charge in [0.05, 0.1) is 23.4 Å². The van der Waals surface area contributed by atoms with Crippen molar-refractivity contribution in [2.24, 2.45) is 0 Å². The number of benzene rings is 1. The van der Waals surface area contributed by atoms with Gasteiger partial charge in [0.15, 0.2) is 6.61 Å². The number of halogens is 1. The molecule has 1 N–H and O–H groups in total. The van der Waals surface area contributed by atoms with Gasteiger partial charge in [-0.1, -0.05) is 0 Å². The van der Waals surface area contributed by atoms with Crippen molar-refractivity contribution in [2.45, 2.75) is 20.8 Å². The van der Waals surface area contributed by atoms with Crippen LogP contribution in [0.15, 0.2) is 24.3 Å². The van der Waals surface area contributed by atoms with Crippen molar-refractivity contribution in [1.82, 2.24) is 4.98 Å². The lowest BCUT2D eigenvalue weighted by atomic mass is 10.1. The molecule has 0 unspecified atom stereocenters. The van der Waals surface area contributed by atoms with Crippen LogP contribution in [0.2, 0.25) is 0 Å². The highest BCUT2D eigenvalue weighted by molar-refractivity contribution is 14.1. The van der Waals surface area contributed by atoms with E-state index in [9.17, 15) is 14.4 Å². The zero-order chi connectivity index (χ0) is 18.6. The molecule has 0 saturated heterocycles. The summed E-state index contributed by atoms with van der Waals surface area (Å²) in [7, 11) is 0. The average molecular weight is 455 g/mol. The van der Waals surface area contributed by atoms with Crippen molar-refractivity contribution in [3.05, 3.63) is 55.9 Å². The van der Waals surface area contributed by atoms with Crippen LogP contribution in [0.5, 0.6) is 0 Å². The monoisotopic (exact) mass is 455 g/mol. The topological polar surface area (TPSA) is 85.5 Å². The van der Waals surface area contributed by atoms with E-state index in [1.807, 2.05) is 0 Å². The van der Waals surface area contributed by atoms with Gasteiger partial charge in [0.1, 0.15) is 0 Å². The molecule has 132 valence electrons. The number of carbonyl (C=O) groups excluding carboxylic acids is 3. The largest absolute Gasteiger partial charge is 0.462 e. The molecule has 0 bridgehead atoms. The molecule has 6 nitrogen and oxygen atoms in total. The Kier molecular flexibility index (Phi) is 6.35. The van der Waals surface area contributed by atoms with Gasteiger partial charge >= 0.3 is 11.9 Å². The molecule has 0 saturated carbocycles. The molecule has 0 aliphatic carbocycles. The molecular formula is C18H18INO5. The van der Waals surface area contributed by atoms with Gasteiger partial charge < -0.3 is 14.5 Å². The number of ketones is 1. The highest BCUT2D eigenvalue weighted by Crippen LogP contribution is 2.20. The van der Waals surface area contributed by atoms with Gasteiger partial charge in [-0.3, -0.25) is 4.79 Å². The van der Waals surface area contributed by atoms with Crippen molar-refractivity contribution < 1.29 is 23.9 Å². The van der Waals surface area contributed by atoms with Gasteiger partial charge in [-0.2, -0.15) is 0 Å². The zero-order valence-electron chi connectivity index (χ0n) is 14.1. The Morgan fingerprint density at radius 2 is 1.68 bits per heavy atom. The van der Waals surface area contributed by atoms with Gasteiger partial charge in [-0.25, -0.2) is 9.59 Å². The second-order valence-electron chi connectivity index (χ2n) is 5.35. The third kappa shape index (κ3) is 4.47. The quantitative estimate of drug-likeness (QED) is 0.410. The van der Waals surface area contributed by atoms with Gasteiger partial charge in [0.2, 0.25) is 5.78 Å². The molecule has 0 aliphatic heterocycles. The van der Waals surface area contributed by atoms with Crippen LogP contribution in [0, 0.1) is 17.4 Å². The van der Waals surface area contributed by atoms with E-state index in [0.717, 1.165) is 3.57 Å². The number of aromatic amines is 1. The number of ether oxygens (including phenoxy) is 2. The average Bonchev–Trinajstić information content (AvgIpc) is 2.88. The van der Waals surface area contributed by atoms with Gasteiger partial charge in [-0.15, -0.1) is 0 Å². The first-order chi connectivity index (χ1) is 11.8. The summed E-state index contributed by atoms with van der Waals surface area (Å²) in [6, 6.07) is 6.83. The molecule has 2 aromatic rings. The van der Waals surface area contributed by atoms with E-state index in [1.54, 1.807) is 45.0 Å². The van der Waals surface area contributed by atoms with Crippen LogP contribution in [0.4, 0.5) is 0 Å². The first-order valence-corrected chi connectivity index (χ1v) is 8.75. The Morgan fingerprint density at radius 1 is 1.04 bits per heavy atom. The molecule has 25 heavy (non-hydrogen) atoms. The molecule has 0 amide bonds. The van der Waals surface area contributed by atoms with E-state index in [1.165, 1.54) is 0 Å². The number of hydrogen-bond donors (Lipinski definition) is 1. The van der Waals surface area contributed by atoms with E-state index >= 15 is 0 Å². The summed E-state index contributed by atoms with van der Waals surface area (Å²) >= 11 is 2.13. The first-order valence-electron chi connectivity index (χ1n) is 7.67. The molecule has 2 rings (SSSR count). The molecule has 7 heteroatoms. The maximum Gasteiger partial charge on any atom is 0.340 e. The molecule has 1 aromatic heterocycles. The maximum absolute atomic E-state index is 12.3. The highest BCUT2D eigenvalue weighted by atomic mass is 127. The molecule has 0 aliphatic rings. The Hall–Kier alpha value is -2.16. The van der Waals surface area contributed by atoms with Crippen LogP contribution in [0.1, 0.15) is 49.4 Å². The van der Waals surface area contributed by atoms with E-state index in [2.05, 4.69) is 27.6 Å². The van der Waals surface area contributed by atoms with E-state index in [0.29, 0.717) is 22.4 Å². The van der Waals surface area contributed by atoms with Crippen molar-refractivity contribution in [2.75, 3.05) is 13.2 Å². The molecule has 0 fully saturated rings. The Labute approximate surface area is 159 Å².